The van der Waals surface area contributed by atoms with E-state index in [1.807, 2.05) is 31.2 Å². The largest absolute Gasteiger partial charge is 0.497 e. The van der Waals surface area contributed by atoms with Crippen molar-refractivity contribution in [2.24, 2.45) is 0 Å². The molecular formula is C18H24N4O4. The summed E-state index contributed by atoms with van der Waals surface area (Å²) in [7, 11) is 1.62. The third-order valence-electron chi connectivity index (χ3n) is 4.35. The van der Waals surface area contributed by atoms with Crippen LogP contribution in [0.5, 0.6) is 5.75 Å². The van der Waals surface area contributed by atoms with Gasteiger partial charge in [-0.3, -0.25) is 0 Å². The van der Waals surface area contributed by atoms with Crippen LogP contribution in [-0.4, -0.2) is 54.0 Å². The first kappa shape index (κ1) is 18.2. The Labute approximate surface area is 152 Å². The zero-order valence-corrected chi connectivity index (χ0v) is 15.1. The Morgan fingerprint density at radius 1 is 1.35 bits per heavy atom. The minimum absolute atomic E-state index is 0.231. The van der Waals surface area contributed by atoms with Gasteiger partial charge in [0.05, 0.1) is 20.3 Å². The number of benzene rings is 1. The number of nitrogens with one attached hydrogen (secondary N) is 1. The Morgan fingerprint density at radius 2 is 2.15 bits per heavy atom. The Balaban J connectivity index is 1.49. The van der Waals surface area contributed by atoms with Crippen molar-refractivity contribution in [2.45, 2.75) is 32.4 Å². The number of piperidine rings is 1. The summed E-state index contributed by atoms with van der Waals surface area (Å²) in [5, 5.41) is 11.6. The van der Waals surface area contributed by atoms with Gasteiger partial charge in [0.1, 0.15) is 5.75 Å². The molecule has 0 radical (unpaired) electrons. The maximum atomic E-state index is 11.7. The van der Waals surface area contributed by atoms with Gasteiger partial charge in [-0.2, -0.15) is 0 Å². The van der Waals surface area contributed by atoms with Crippen molar-refractivity contribution in [3.8, 4) is 17.2 Å². The molecular weight excluding hydrogens is 336 g/mol. The Bertz CT molecular complexity index is 725. The molecule has 1 fully saturated rings. The van der Waals surface area contributed by atoms with E-state index in [4.69, 9.17) is 13.9 Å². The molecule has 8 heteroatoms. The van der Waals surface area contributed by atoms with E-state index in [-0.39, 0.29) is 6.09 Å². The maximum absolute atomic E-state index is 11.7. The third kappa shape index (κ3) is 4.51. The monoisotopic (exact) mass is 360 g/mol. The number of methoxy groups -OCH3 is 1. The lowest BCUT2D eigenvalue weighted by Crippen LogP contribution is -2.44. The molecule has 1 aliphatic rings. The number of rotatable bonds is 6. The minimum atomic E-state index is -0.231. The summed E-state index contributed by atoms with van der Waals surface area (Å²) in [6, 6.07) is 7.82. The first-order chi connectivity index (χ1) is 12.7. The molecule has 0 aliphatic carbocycles. The number of ether oxygens (including phenoxy) is 2. The number of aromatic nitrogens is 2. The molecule has 0 bridgehead atoms. The molecule has 2 heterocycles. The van der Waals surface area contributed by atoms with Crippen LogP contribution in [0.2, 0.25) is 0 Å². The second-order valence-corrected chi connectivity index (χ2v) is 6.07. The lowest BCUT2D eigenvalue weighted by molar-refractivity contribution is 0.0948. The van der Waals surface area contributed by atoms with Crippen molar-refractivity contribution < 1.29 is 18.7 Å². The molecule has 1 aromatic carbocycles. The molecule has 1 aromatic heterocycles. The molecule has 2 aromatic rings. The third-order valence-corrected chi connectivity index (χ3v) is 4.35. The molecule has 0 atom stereocenters. The van der Waals surface area contributed by atoms with Gasteiger partial charge in [0.2, 0.25) is 11.8 Å². The average Bonchev–Trinajstić information content (AvgIpc) is 3.16. The fourth-order valence-electron chi connectivity index (χ4n) is 2.91. The number of hydrogen-bond acceptors (Lipinski definition) is 7. The van der Waals surface area contributed by atoms with E-state index in [2.05, 4.69) is 15.5 Å². The molecule has 0 unspecified atom stereocenters. The lowest BCUT2D eigenvalue weighted by atomic mass is 10.1. The first-order valence-electron chi connectivity index (χ1n) is 8.81. The molecule has 3 rings (SSSR count). The highest BCUT2D eigenvalue weighted by Crippen LogP contribution is 2.22. The van der Waals surface area contributed by atoms with Crippen LogP contribution in [0.3, 0.4) is 0 Å². The van der Waals surface area contributed by atoms with Gasteiger partial charge in [0.25, 0.3) is 0 Å². The van der Waals surface area contributed by atoms with Crippen LogP contribution >= 0.6 is 0 Å². The van der Waals surface area contributed by atoms with Crippen LogP contribution in [0.4, 0.5) is 4.79 Å². The average molecular weight is 360 g/mol. The highest BCUT2D eigenvalue weighted by Gasteiger charge is 2.23. The number of carbonyl (C=O) groups excluding carboxylic acids is 1. The topological polar surface area (TPSA) is 89.7 Å². The molecule has 1 N–H and O–H groups in total. The summed E-state index contributed by atoms with van der Waals surface area (Å²) < 4.78 is 16.0. The van der Waals surface area contributed by atoms with Gasteiger partial charge >= 0.3 is 6.09 Å². The Hall–Kier alpha value is -2.61. The van der Waals surface area contributed by atoms with E-state index in [1.165, 1.54) is 0 Å². The van der Waals surface area contributed by atoms with Crippen LogP contribution in [-0.2, 0) is 11.3 Å². The van der Waals surface area contributed by atoms with E-state index in [1.54, 1.807) is 12.0 Å². The van der Waals surface area contributed by atoms with E-state index < -0.39 is 0 Å². The molecule has 1 amide bonds. The SMILES string of the molecule is CCOC(=O)N1CCC(NCc2nnc(-c3cccc(OC)c3)o2)CC1. The molecule has 1 saturated heterocycles. The minimum Gasteiger partial charge on any atom is -0.497 e. The van der Waals surface area contributed by atoms with Crippen molar-refractivity contribution in [1.82, 2.24) is 20.4 Å². The standard InChI is InChI=1S/C18H24N4O4/c1-3-25-18(23)22-9-7-14(8-10-22)19-12-16-20-21-17(26-16)13-5-4-6-15(11-13)24-2/h4-6,11,14,19H,3,7-10,12H2,1-2H3. The summed E-state index contributed by atoms with van der Waals surface area (Å²) in [5.74, 6) is 1.75. The van der Waals surface area contributed by atoms with Crippen LogP contribution < -0.4 is 10.1 Å². The maximum Gasteiger partial charge on any atom is 0.409 e. The quantitative estimate of drug-likeness (QED) is 0.846. The van der Waals surface area contributed by atoms with Crippen LogP contribution in [0, 0.1) is 0 Å². The number of carbonyl (C=O) groups is 1. The van der Waals surface area contributed by atoms with Crippen molar-refractivity contribution in [3.05, 3.63) is 30.2 Å². The van der Waals surface area contributed by atoms with Crippen molar-refractivity contribution >= 4 is 6.09 Å². The van der Waals surface area contributed by atoms with Crippen molar-refractivity contribution in [3.63, 3.8) is 0 Å². The number of nitrogens with zero attached hydrogens (tertiary/aromatic N) is 3. The normalized spacial score (nSPS) is 15.1. The number of likely N-dealkylation sites (tertiary alicyclic amines) is 1. The summed E-state index contributed by atoms with van der Waals surface area (Å²) in [6.45, 7) is 4.10. The molecule has 8 nitrogen and oxygen atoms in total. The highest BCUT2D eigenvalue weighted by molar-refractivity contribution is 5.67. The number of amides is 1. The van der Waals surface area contributed by atoms with Crippen LogP contribution in [0.15, 0.2) is 28.7 Å². The molecule has 26 heavy (non-hydrogen) atoms. The van der Waals surface area contributed by atoms with Gasteiger partial charge < -0.3 is 24.1 Å². The van der Waals surface area contributed by atoms with Gasteiger partial charge in [-0.25, -0.2) is 4.79 Å². The van der Waals surface area contributed by atoms with E-state index >= 15 is 0 Å². The van der Waals surface area contributed by atoms with Gasteiger partial charge in [-0.15, -0.1) is 10.2 Å². The fraction of sp³-hybridized carbons (Fsp3) is 0.500. The molecule has 140 valence electrons. The van der Waals surface area contributed by atoms with Gasteiger partial charge in [0.15, 0.2) is 0 Å². The van der Waals surface area contributed by atoms with E-state index in [0.717, 1.165) is 24.2 Å². The predicted octanol–water partition coefficient (Wildman–Crippen LogP) is 2.46. The van der Waals surface area contributed by atoms with Gasteiger partial charge in [-0.1, -0.05) is 6.07 Å². The Kier molecular flexibility index (Phi) is 6.06. The van der Waals surface area contributed by atoms with Crippen LogP contribution in [0.1, 0.15) is 25.7 Å². The van der Waals surface area contributed by atoms with Gasteiger partial charge in [0, 0.05) is 24.7 Å². The highest BCUT2D eigenvalue weighted by atomic mass is 16.6. The van der Waals surface area contributed by atoms with E-state index in [9.17, 15) is 4.79 Å². The summed E-state index contributed by atoms with van der Waals surface area (Å²) in [4.78, 5) is 13.5. The smallest absolute Gasteiger partial charge is 0.409 e. The molecule has 0 spiro atoms. The second-order valence-electron chi connectivity index (χ2n) is 6.07. The fourth-order valence-corrected chi connectivity index (χ4v) is 2.91. The van der Waals surface area contributed by atoms with Crippen LogP contribution in [0.25, 0.3) is 11.5 Å². The summed E-state index contributed by atoms with van der Waals surface area (Å²) in [5.41, 5.74) is 0.825. The van der Waals surface area contributed by atoms with Crippen molar-refractivity contribution in [1.29, 1.82) is 0 Å². The number of hydrogen-bond donors (Lipinski definition) is 1. The molecule has 0 saturated carbocycles. The van der Waals surface area contributed by atoms with Crippen molar-refractivity contribution in [2.75, 3.05) is 26.8 Å². The van der Waals surface area contributed by atoms with E-state index in [0.29, 0.717) is 44.1 Å². The second kappa shape index (κ2) is 8.66. The van der Waals surface area contributed by atoms with Gasteiger partial charge in [-0.05, 0) is 38.0 Å². The zero-order valence-electron chi connectivity index (χ0n) is 15.1. The predicted molar refractivity (Wildman–Crippen MR) is 94.7 cm³/mol. The Morgan fingerprint density at radius 3 is 2.88 bits per heavy atom. The first-order valence-corrected chi connectivity index (χ1v) is 8.81. The summed E-state index contributed by atoms with van der Waals surface area (Å²) >= 11 is 0. The lowest BCUT2D eigenvalue weighted by Gasteiger charge is -2.31. The summed E-state index contributed by atoms with van der Waals surface area (Å²) in [6.07, 6.45) is 1.51. The molecule has 1 aliphatic heterocycles. The zero-order chi connectivity index (χ0) is 18.4.